The van der Waals surface area contributed by atoms with E-state index in [9.17, 15) is 0 Å². The molecule has 4 aromatic rings. The van der Waals surface area contributed by atoms with Gasteiger partial charge in [-0.05, 0) is 56.2 Å². The lowest BCUT2D eigenvalue weighted by Gasteiger charge is -2.08. The van der Waals surface area contributed by atoms with E-state index in [2.05, 4.69) is 43.7 Å². The van der Waals surface area contributed by atoms with E-state index in [1.807, 2.05) is 37.3 Å². The first-order valence-electron chi connectivity index (χ1n) is 8.09. The first-order valence-corrected chi connectivity index (χ1v) is 8.09. The molecule has 0 fully saturated rings. The molecule has 0 atom stereocenters. The van der Waals surface area contributed by atoms with Crippen LogP contribution < -0.4 is 5.32 Å². The molecule has 4 rings (SSSR count). The molecule has 0 saturated heterocycles. The number of aromatic nitrogens is 5. The number of rotatable bonds is 3. The van der Waals surface area contributed by atoms with Crippen LogP contribution in [0.15, 0.2) is 49.1 Å². The van der Waals surface area contributed by atoms with E-state index in [-0.39, 0.29) is 0 Å². The highest BCUT2D eigenvalue weighted by molar-refractivity contribution is 5.94. The van der Waals surface area contributed by atoms with E-state index >= 15 is 0 Å². The third-order valence-electron chi connectivity index (χ3n) is 4.33. The SMILES string of the molecule is Cc1ccnc(Nc2ncnc3c2c(C)c(C)n3-c2ccccn2)c1. The van der Waals surface area contributed by atoms with Gasteiger partial charge in [-0.2, -0.15) is 0 Å². The van der Waals surface area contributed by atoms with Crippen molar-refractivity contribution in [1.29, 1.82) is 0 Å². The molecule has 0 amide bonds. The molecular weight excluding hydrogens is 312 g/mol. The number of nitrogens with one attached hydrogen (secondary N) is 1. The summed E-state index contributed by atoms with van der Waals surface area (Å²) in [4.78, 5) is 17.8. The molecule has 0 unspecified atom stereocenters. The minimum absolute atomic E-state index is 0.749. The summed E-state index contributed by atoms with van der Waals surface area (Å²) in [5.41, 5.74) is 4.19. The molecule has 0 bridgehead atoms. The third-order valence-corrected chi connectivity index (χ3v) is 4.33. The van der Waals surface area contributed by atoms with Gasteiger partial charge in [-0.25, -0.2) is 19.9 Å². The van der Waals surface area contributed by atoms with Crippen LogP contribution in [0.2, 0.25) is 0 Å². The fraction of sp³-hybridized carbons (Fsp3) is 0.158. The fourth-order valence-corrected chi connectivity index (χ4v) is 2.99. The molecule has 0 aliphatic rings. The van der Waals surface area contributed by atoms with Crippen molar-refractivity contribution < 1.29 is 0 Å². The topological polar surface area (TPSA) is 68.5 Å². The summed E-state index contributed by atoms with van der Waals surface area (Å²) in [6.07, 6.45) is 5.14. The van der Waals surface area contributed by atoms with Gasteiger partial charge in [-0.1, -0.05) is 6.07 Å². The van der Waals surface area contributed by atoms with Crippen LogP contribution in [0.25, 0.3) is 16.9 Å². The number of anilines is 2. The van der Waals surface area contributed by atoms with Crippen LogP contribution in [0.1, 0.15) is 16.8 Å². The van der Waals surface area contributed by atoms with E-state index in [0.29, 0.717) is 0 Å². The zero-order valence-corrected chi connectivity index (χ0v) is 14.4. The second-order valence-electron chi connectivity index (χ2n) is 6.00. The van der Waals surface area contributed by atoms with E-state index in [1.54, 1.807) is 18.7 Å². The van der Waals surface area contributed by atoms with Crippen molar-refractivity contribution in [3.05, 3.63) is 65.9 Å². The van der Waals surface area contributed by atoms with Crippen LogP contribution in [-0.2, 0) is 0 Å². The smallest absolute Gasteiger partial charge is 0.151 e. The summed E-state index contributed by atoms with van der Waals surface area (Å²) in [6, 6.07) is 9.81. The Morgan fingerprint density at radius 2 is 1.80 bits per heavy atom. The van der Waals surface area contributed by atoms with Gasteiger partial charge >= 0.3 is 0 Å². The normalized spacial score (nSPS) is 11.0. The van der Waals surface area contributed by atoms with Crippen LogP contribution in [0.5, 0.6) is 0 Å². The van der Waals surface area contributed by atoms with E-state index in [4.69, 9.17) is 0 Å². The maximum atomic E-state index is 4.51. The quantitative estimate of drug-likeness (QED) is 0.617. The minimum atomic E-state index is 0.749. The van der Waals surface area contributed by atoms with Gasteiger partial charge in [0.05, 0.1) is 5.39 Å². The highest BCUT2D eigenvalue weighted by Gasteiger charge is 2.18. The molecule has 25 heavy (non-hydrogen) atoms. The predicted octanol–water partition coefficient (Wildman–Crippen LogP) is 3.88. The van der Waals surface area contributed by atoms with Crippen LogP contribution >= 0.6 is 0 Å². The Hall–Kier alpha value is -3.28. The predicted molar refractivity (Wildman–Crippen MR) is 98.4 cm³/mol. The van der Waals surface area contributed by atoms with Gasteiger partial charge < -0.3 is 5.32 Å². The van der Waals surface area contributed by atoms with Gasteiger partial charge in [-0.15, -0.1) is 0 Å². The van der Waals surface area contributed by atoms with Gasteiger partial charge in [0.1, 0.15) is 23.8 Å². The van der Waals surface area contributed by atoms with E-state index < -0.39 is 0 Å². The molecule has 0 aliphatic heterocycles. The largest absolute Gasteiger partial charge is 0.324 e. The van der Waals surface area contributed by atoms with Gasteiger partial charge in [-0.3, -0.25) is 4.57 Å². The molecule has 0 aromatic carbocycles. The summed E-state index contributed by atoms with van der Waals surface area (Å²) in [6.45, 7) is 6.19. The highest BCUT2D eigenvalue weighted by atomic mass is 15.1. The van der Waals surface area contributed by atoms with Crippen LogP contribution in [0.4, 0.5) is 11.6 Å². The van der Waals surface area contributed by atoms with E-state index in [1.165, 1.54) is 0 Å². The molecule has 0 aliphatic carbocycles. The Labute approximate surface area is 145 Å². The lowest BCUT2D eigenvalue weighted by atomic mass is 10.2. The molecule has 6 heteroatoms. The third kappa shape index (κ3) is 2.61. The van der Waals surface area contributed by atoms with Crippen molar-refractivity contribution in [3.8, 4) is 5.82 Å². The van der Waals surface area contributed by atoms with Crippen molar-refractivity contribution in [2.24, 2.45) is 0 Å². The molecule has 124 valence electrons. The molecule has 6 nitrogen and oxygen atoms in total. The first-order chi connectivity index (χ1) is 12.1. The maximum Gasteiger partial charge on any atom is 0.151 e. The Morgan fingerprint density at radius 3 is 2.56 bits per heavy atom. The molecule has 1 N–H and O–H groups in total. The van der Waals surface area contributed by atoms with Gasteiger partial charge in [0.25, 0.3) is 0 Å². The Kier molecular flexibility index (Phi) is 3.65. The number of hydrogen-bond acceptors (Lipinski definition) is 5. The lowest BCUT2D eigenvalue weighted by Crippen LogP contribution is -2.01. The number of fused-ring (bicyclic) bond motifs is 1. The standard InChI is InChI=1S/C19H18N6/c1-12-7-9-20-15(10-12)24-18-17-13(2)14(3)25(19(17)23-11-22-18)16-6-4-5-8-21-16/h4-11H,1-3H3,(H,20,22,23,24). The molecule has 0 radical (unpaired) electrons. The Morgan fingerprint density at radius 1 is 0.920 bits per heavy atom. The lowest BCUT2D eigenvalue weighted by molar-refractivity contribution is 0.966. The number of pyridine rings is 2. The van der Waals surface area contributed by atoms with Gasteiger partial charge in [0.15, 0.2) is 5.65 Å². The van der Waals surface area contributed by atoms with Gasteiger partial charge in [0, 0.05) is 18.1 Å². The van der Waals surface area contributed by atoms with Crippen molar-refractivity contribution in [3.63, 3.8) is 0 Å². The van der Waals surface area contributed by atoms with E-state index in [0.717, 1.165) is 45.3 Å². The zero-order valence-electron chi connectivity index (χ0n) is 14.4. The number of nitrogens with zero attached hydrogens (tertiary/aromatic N) is 5. The second-order valence-corrected chi connectivity index (χ2v) is 6.00. The summed E-state index contributed by atoms with van der Waals surface area (Å²) in [5.74, 6) is 2.36. The molecule has 0 spiro atoms. The number of aryl methyl sites for hydroxylation is 2. The zero-order chi connectivity index (χ0) is 17.4. The average Bonchev–Trinajstić information content (AvgIpc) is 2.88. The van der Waals surface area contributed by atoms with Gasteiger partial charge in [0.2, 0.25) is 0 Å². The molecular formula is C19H18N6. The molecule has 4 heterocycles. The average molecular weight is 330 g/mol. The van der Waals surface area contributed by atoms with Crippen molar-refractivity contribution in [2.75, 3.05) is 5.32 Å². The summed E-state index contributed by atoms with van der Waals surface area (Å²) in [7, 11) is 0. The minimum Gasteiger partial charge on any atom is -0.324 e. The van der Waals surface area contributed by atoms with Crippen molar-refractivity contribution in [1.82, 2.24) is 24.5 Å². The summed E-state index contributed by atoms with van der Waals surface area (Å²) >= 11 is 0. The van der Waals surface area contributed by atoms with Crippen LogP contribution in [0, 0.1) is 20.8 Å². The Balaban J connectivity index is 1.91. The number of hydrogen-bond donors (Lipinski definition) is 1. The summed E-state index contributed by atoms with van der Waals surface area (Å²) in [5, 5.41) is 4.31. The van der Waals surface area contributed by atoms with Crippen molar-refractivity contribution in [2.45, 2.75) is 20.8 Å². The summed E-state index contributed by atoms with van der Waals surface area (Å²) < 4.78 is 2.06. The second kappa shape index (κ2) is 5.98. The molecule has 0 saturated carbocycles. The Bertz CT molecular complexity index is 1050. The maximum absolute atomic E-state index is 4.51. The monoisotopic (exact) mass is 330 g/mol. The van der Waals surface area contributed by atoms with Crippen LogP contribution in [-0.4, -0.2) is 24.5 Å². The van der Waals surface area contributed by atoms with Crippen molar-refractivity contribution >= 4 is 22.7 Å². The highest BCUT2D eigenvalue weighted by Crippen LogP contribution is 2.31. The van der Waals surface area contributed by atoms with Crippen LogP contribution in [0.3, 0.4) is 0 Å². The molecule has 4 aromatic heterocycles. The fourth-order valence-electron chi connectivity index (χ4n) is 2.99. The first kappa shape index (κ1) is 15.3.